The van der Waals surface area contributed by atoms with Gasteiger partial charge in [-0.05, 0) is 43.0 Å². The van der Waals surface area contributed by atoms with Gasteiger partial charge in [-0.3, -0.25) is 4.79 Å². The lowest BCUT2D eigenvalue weighted by molar-refractivity contribution is -0.132. The number of methoxy groups -OCH3 is 1. The minimum atomic E-state index is -0.590. The number of benzene rings is 2. The third-order valence-electron chi connectivity index (χ3n) is 3.77. The van der Waals surface area contributed by atoms with Crippen LogP contribution in [0.2, 0.25) is 0 Å². The van der Waals surface area contributed by atoms with Gasteiger partial charge < -0.3 is 15.2 Å². The highest BCUT2D eigenvalue weighted by Gasteiger charge is 2.21. The molecule has 0 radical (unpaired) electrons. The highest BCUT2D eigenvalue weighted by atomic mass is 16.5. The van der Waals surface area contributed by atoms with Crippen LogP contribution in [0.1, 0.15) is 30.6 Å². The lowest BCUT2D eigenvalue weighted by Gasteiger charge is -2.19. The Hall–Kier alpha value is -2.33. The Morgan fingerprint density at radius 2 is 1.78 bits per heavy atom. The van der Waals surface area contributed by atoms with Gasteiger partial charge in [0.2, 0.25) is 0 Å². The molecule has 0 aromatic heterocycles. The normalized spacial score (nSPS) is 13.3. The van der Waals surface area contributed by atoms with Crippen molar-refractivity contribution in [1.82, 2.24) is 5.32 Å². The Kier molecular flexibility index (Phi) is 6.18. The number of rotatable bonds is 7. The van der Waals surface area contributed by atoms with Crippen molar-refractivity contribution in [3.05, 3.63) is 65.7 Å². The van der Waals surface area contributed by atoms with Gasteiger partial charge in [0.1, 0.15) is 5.75 Å². The molecule has 4 nitrogen and oxygen atoms in total. The van der Waals surface area contributed by atoms with Gasteiger partial charge in [-0.2, -0.15) is 0 Å². The van der Waals surface area contributed by atoms with E-state index in [0.717, 1.165) is 24.0 Å². The molecule has 0 aliphatic carbocycles. The molecule has 122 valence electrons. The van der Waals surface area contributed by atoms with Gasteiger partial charge in [-0.25, -0.2) is 0 Å². The van der Waals surface area contributed by atoms with E-state index in [0.29, 0.717) is 0 Å². The predicted octanol–water partition coefficient (Wildman–Crippen LogP) is 3.22. The lowest BCUT2D eigenvalue weighted by Crippen LogP contribution is -2.37. The monoisotopic (exact) mass is 313 g/mol. The molecule has 2 rings (SSSR count). The van der Waals surface area contributed by atoms with Crippen molar-refractivity contribution in [3.63, 3.8) is 0 Å². The van der Waals surface area contributed by atoms with Gasteiger partial charge in [0.15, 0.2) is 6.10 Å². The average molecular weight is 313 g/mol. The number of aryl methyl sites for hydroxylation is 1. The van der Waals surface area contributed by atoms with Crippen LogP contribution in [0.15, 0.2) is 54.6 Å². The molecule has 4 heteroatoms. The van der Waals surface area contributed by atoms with Crippen LogP contribution in [0, 0.1) is 0 Å². The minimum absolute atomic E-state index is 0.0395. The number of amides is 1. The van der Waals surface area contributed by atoms with Crippen LogP contribution in [-0.4, -0.2) is 24.2 Å². The first-order chi connectivity index (χ1) is 11.1. The molecular formula is C19H23NO3. The molecule has 0 unspecified atom stereocenters. The molecule has 2 atom stereocenters. The summed E-state index contributed by atoms with van der Waals surface area (Å²) in [7, 11) is 1.54. The maximum atomic E-state index is 12.4. The summed E-state index contributed by atoms with van der Waals surface area (Å²) in [6.45, 7) is 1.98. The van der Waals surface area contributed by atoms with E-state index in [1.807, 2.05) is 49.4 Å². The van der Waals surface area contributed by atoms with Gasteiger partial charge in [0, 0.05) is 13.2 Å². The lowest BCUT2D eigenvalue weighted by atomic mass is 10.0. The van der Waals surface area contributed by atoms with Crippen molar-refractivity contribution in [2.24, 2.45) is 0 Å². The first-order valence-electron chi connectivity index (χ1n) is 7.76. The van der Waals surface area contributed by atoms with Crippen LogP contribution >= 0.6 is 0 Å². The zero-order valence-electron chi connectivity index (χ0n) is 13.5. The Morgan fingerprint density at radius 3 is 2.39 bits per heavy atom. The first-order valence-corrected chi connectivity index (χ1v) is 7.76. The van der Waals surface area contributed by atoms with Crippen molar-refractivity contribution in [3.8, 4) is 5.75 Å². The summed E-state index contributed by atoms with van der Waals surface area (Å²) in [6.07, 6.45) is 1.07. The fourth-order valence-corrected chi connectivity index (χ4v) is 2.46. The van der Waals surface area contributed by atoms with Crippen molar-refractivity contribution in [2.45, 2.75) is 31.9 Å². The second-order valence-electron chi connectivity index (χ2n) is 5.64. The number of phenolic OH excluding ortho intramolecular Hbond substituents is 1. The van der Waals surface area contributed by atoms with Crippen LogP contribution in [0.5, 0.6) is 5.75 Å². The summed E-state index contributed by atoms with van der Waals surface area (Å²) < 4.78 is 5.34. The number of carbonyl (C=O) groups excluding carboxylic acids is 1. The Bertz CT molecular complexity index is 610. The predicted molar refractivity (Wildman–Crippen MR) is 90.2 cm³/mol. The quantitative estimate of drug-likeness (QED) is 0.825. The van der Waals surface area contributed by atoms with E-state index < -0.39 is 6.10 Å². The molecule has 0 aliphatic heterocycles. The molecule has 0 aliphatic rings. The van der Waals surface area contributed by atoms with E-state index in [2.05, 4.69) is 5.32 Å². The molecule has 0 saturated carbocycles. The molecule has 2 aromatic carbocycles. The first kappa shape index (κ1) is 17.0. The maximum Gasteiger partial charge on any atom is 0.253 e. The molecule has 0 bridgehead atoms. The Morgan fingerprint density at radius 1 is 1.13 bits per heavy atom. The second-order valence-corrected chi connectivity index (χ2v) is 5.64. The molecule has 0 fully saturated rings. The van der Waals surface area contributed by atoms with Gasteiger partial charge in [-0.15, -0.1) is 0 Å². The van der Waals surface area contributed by atoms with Gasteiger partial charge >= 0.3 is 0 Å². The number of hydrogen-bond donors (Lipinski definition) is 2. The molecule has 23 heavy (non-hydrogen) atoms. The molecule has 0 saturated heterocycles. The van der Waals surface area contributed by atoms with Crippen molar-refractivity contribution in [2.75, 3.05) is 7.11 Å². The van der Waals surface area contributed by atoms with Crippen LogP contribution in [0.3, 0.4) is 0 Å². The fraction of sp³-hybridized carbons (Fsp3) is 0.316. The molecule has 0 spiro atoms. The topological polar surface area (TPSA) is 58.6 Å². The smallest absolute Gasteiger partial charge is 0.253 e. The number of ether oxygens (including phenoxy) is 1. The molecule has 2 N–H and O–H groups in total. The fourth-order valence-electron chi connectivity index (χ4n) is 2.46. The number of carbonyl (C=O) groups is 1. The van der Waals surface area contributed by atoms with Crippen LogP contribution < -0.4 is 5.32 Å². The summed E-state index contributed by atoms with van der Waals surface area (Å²) in [5.41, 5.74) is 1.98. The van der Waals surface area contributed by atoms with E-state index in [9.17, 15) is 9.90 Å². The van der Waals surface area contributed by atoms with E-state index in [4.69, 9.17) is 4.74 Å². The average Bonchev–Trinajstić information content (AvgIpc) is 2.56. The minimum Gasteiger partial charge on any atom is -0.508 e. The summed E-state index contributed by atoms with van der Waals surface area (Å²) in [4.78, 5) is 12.4. The van der Waals surface area contributed by atoms with E-state index >= 15 is 0 Å². The molecule has 0 heterocycles. The third kappa shape index (κ3) is 5.11. The highest BCUT2D eigenvalue weighted by molar-refractivity contribution is 5.82. The molecule has 2 aromatic rings. The summed E-state index contributed by atoms with van der Waals surface area (Å²) >= 11 is 0. The van der Waals surface area contributed by atoms with Gasteiger partial charge in [0.25, 0.3) is 5.91 Å². The SMILES string of the molecule is CO[C@@H](C(=O)N[C@H](C)CCc1ccc(O)cc1)c1ccccc1. The summed E-state index contributed by atoms with van der Waals surface area (Å²) in [5.74, 6) is 0.137. The molecule has 1 amide bonds. The summed E-state index contributed by atoms with van der Waals surface area (Å²) in [6, 6.07) is 16.6. The van der Waals surface area contributed by atoms with Gasteiger partial charge in [0.05, 0.1) is 0 Å². The molecular weight excluding hydrogens is 290 g/mol. The van der Waals surface area contributed by atoms with E-state index in [1.54, 1.807) is 19.2 Å². The number of phenols is 1. The number of nitrogens with one attached hydrogen (secondary N) is 1. The van der Waals surface area contributed by atoms with Crippen molar-refractivity contribution in [1.29, 1.82) is 0 Å². The van der Waals surface area contributed by atoms with Gasteiger partial charge in [-0.1, -0.05) is 42.5 Å². The zero-order valence-corrected chi connectivity index (χ0v) is 13.5. The third-order valence-corrected chi connectivity index (χ3v) is 3.77. The second kappa shape index (κ2) is 8.34. The van der Waals surface area contributed by atoms with E-state index in [-0.39, 0.29) is 17.7 Å². The van der Waals surface area contributed by atoms with Crippen molar-refractivity contribution >= 4 is 5.91 Å². The van der Waals surface area contributed by atoms with E-state index in [1.165, 1.54) is 0 Å². The maximum absolute atomic E-state index is 12.4. The Balaban J connectivity index is 1.87. The highest BCUT2D eigenvalue weighted by Crippen LogP contribution is 2.17. The standard InChI is InChI=1S/C19H23NO3/c1-14(8-9-15-10-12-17(21)13-11-15)20-19(22)18(23-2)16-6-4-3-5-7-16/h3-7,10-14,18,21H,8-9H2,1-2H3,(H,20,22)/t14-,18-/m1/s1. The largest absolute Gasteiger partial charge is 0.508 e. The van der Waals surface area contributed by atoms with Crippen LogP contribution in [-0.2, 0) is 16.0 Å². The number of aromatic hydroxyl groups is 1. The Labute approximate surface area is 137 Å². The zero-order chi connectivity index (χ0) is 16.7. The summed E-state index contributed by atoms with van der Waals surface area (Å²) in [5, 5.41) is 12.3. The van der Waals surface area contributed by atoms with Crippen molar-refractivity contribution < 1.29 is 14.6 Å². The van der Waals surface area contributed by atoms with Crippen LogP contribution in [0.25, 0.3) is 0 Å². The number of hydrogen-bond acceptors (Lipinski definition) is 3. The van der Waals surface area contributed by atoms with Crippen LogP contribution in [0.4, 0.5) is 0 Å².